The van der Waals surface area contributed by atoms with Crippen molar-refractivity contribution in [2.24, 2.45) is 0 Å². The second-order valence-electron chi connectivity index (χ2n) is 19.8. The van der Waals surface area contributed by atoms with E-state index in [1.165, 1.54) is 167 Å². The van der Waals surface area contributed by atoms with Crippen LogP contribution in [0.4, 0.5) is 0 Å². The van der Waals surface area contributed by atoms with Gasteiger partial charge in [0.15, 0.2) is 0 Å². The lowest BCUT2D eigenvalue weighted by molar-refractivity contribution is 0.623. The molecule has 3 aromatic carbocycles. The van der Waals surface area contributed by atoms with E-state index in [9.17, 15) is 0 Å². The minimum Gasteiger partial charge on any atom is -0.0985 e. The molecule has 0 saturated carbocycles. The van der Waals surface area contributed by atoms with Crippen LogP contribution < -0.4 is 15.6 Å². The van der Waals surface area contributed by atoms with E-state index in [0.29, 0.717) is 0 Å². The van der Waals surface area contributed by atoms with Gasteiger partial charge in [-0.15, -0.1) is 0 Å². The van der Waals surface area contributed by atoms with Gasteiger partial charge in [-0.3, -0.25) is 0 Å². The highest BCUT2D eigenvalue weighted by molar-refractivity contribution is 6.91. The Balaban J connectivity index is 1.96. The molecule has 0 nitrogen and oxygen atoms in total. The maximum absolute atomic E-state index is 4.23. The standard InChI is InChI=1S/C56H88Si3/c1-12-17-20-23-26-29-42-57(6,7)54-46-49(33-37-51(54)16-5)34-40-53-41-36-50(47-56(53)59(10,11)44-31-28-25-22-19-14-3)35-39-52-38-32-48(15-4)45-55(52)58(8,9)43-30-27-24-21-18-13-2/h15-16,32-41,45-47H,4-5,12-14,17-31,42-44H2,1-3,6-11H3/b39-35+,40-34+. The molecular weight excluding hydrogens is 757 g/mol. The topological polar surface area (TPSA) is 0 Å². The van der Waals surface area contributed by atoms with Gasteiger partial charge < -0.3 is 0 Å². The van der Waals surface area contributed by atoms with Gasteiger partial charge in [-0.25, -0.2) is 0 Å². The molecule has 0 N–H and O–H groups in total. The van der Waals surface area contributed by atoms with Gasteiger partial charge in [-0.1, -0.05) is 314 Å². The summed E-state index contributed by atoms with van der Waals surface area (Å²) >= 11 is 0. The van der Waals surface area contributed by atoms with E-state index in [1.807, 2.05) is 6.08 Å². The van der Waals surface area contributed by atoms with Gasteiger partial charge in [0.05, 0.1) is 24.2 Å². The fourth-order valence-corrected chi connectivity index (χ4v) is 17.8. The molecule has 0 fully saturated rings. The fraction of sp³-hybridized carbons (Fsp3) is 0.536. The van der Waals surface area contributed by atoms with Crippen LogP contribution in [0, 0.1) is 0 Å². The van der Waals surface area contributed by atoms with Crippen LogP contribution >= 0.6 is 0 Å². The highest BCUT2D eigenvalue weighted by Gasteiger charge is 2.28. The molecule has 0 amide bonds. The molecule has 0 aliphatic heterocycles. The van der Waals surface area contributed by atoms with Crippen LogP contribution in [-0.2, 0) is 0 Å². The first kappa shape index (κ1) is 50.6. The van der Waals surface area contributed by atoms with Gasteiger partial charge >= 0.3 is 0 Å². The Labute approximate surface area is 369 Å². The molecule has 0 unspecified atom stereocenters. The Kier molecular flexibility index (Phi) is 22.8. The summed E-state index contributed by atoms with van der Waals surface area (Å²) in [6.07, 6.45) is 38.3. The van der Waals surface area contributed by atoms with E-state index in [-0.39, 0.29) is 0 Å². The average Bonchev–Trinajstić information content (AvgIpc) is 3.23. The van der Waals surface area contributed by atoms with Gasteiger partial charge in [-0.05, 0) is 33.4 Å². The summed E-state index contributed by atoms with van der Waals surface area (Å²) in [4.78, 5) is 0. The van der Waals surface area contributed by atoms with Crippen molar-refractivity contribution in [3.8, 4) is 0 Å². The molecule has 0 saturated heterocycles. The smallest absolute Gasteiger partial charge is 0.0814 e. The first-order valence-corrected chi connectivity index (χ1v) is 34.0. The SMILES string of the molecule is C=Cc1ccc(/C=C/c2ccc(/C=C/c3ccc(C=C)c([Si](C)(C)CCCCCCCC)c3)c([Si](C)(C)CCCCCCCC)c2)c([Si](C)(C)CCCCCCCC)c1. The van der Waals surface area contributed by atoms with Crippen molar-refractivity contribution < 1.29 is 0 Å². The van der Waals surface area contributed by atoms with E-state index in [0.717, 1.165) is 0 Å². The van der Waals surface area contributed by atoms with Gasteiger partial charge in [0.2, 0.25) is 0 Å². The molecule has 0 heterocycles. The number of rotatable bonds is 30. The van der Waals surface area contributed by atoms with E-state index >= 15 is 0 Å². The fourth-order valence-electron chi connectivity index (χ4n) is 9.10. The van der Waals surface area contributed by atoms with Gasteiger partial charge in [0.1, 0.15) is 0 Å². The van der Waals surface area contributed by atoms with E-state index < -0.39 is 24.2 Å². The third-order valence-electron chi connectivity index (χ3n) is 13.3. The molecule has 0 aliphatic rings. The van der Waals surface area contributed by atoms with E-state index in [4.69, 9.17) is 0 Å². The van der Waals surface area contributed by atoms with Crippen molar-refractivity contribution in [3.63, 3.8) is 0 Å². The number of hydrogen-bond donors (Lipinski definition) is 0. The summed E-state index contributed by atoms with van der Waals surface area (Å²) in [6, 6.07) is 25.6. The second-order valence-corrected chi connectivity index (χ2v) is 34.2. The summed E-state index contributed by atoms with van der Waals surface area (Å²) in [7, 11) is -4.98. The zero-order chi connectivity index (χ0) is 43.2. The molecule has 0 radical (unpaired) electrons. The average molecular weight is 846 g/mol. The molecule has 0 aliphatic carbocycles. The van der Waals surface area contributed by atoms with Crippen molar-refractivity contribution in [1.82, 2.24) is 0 Å². The third-order valence-corrected chi connectivity index (χ3v) is 23.7. The third kappa shape index (κ3) is 17.3. The quantitative estimate of drug-likeness (QED) is 0.0356. The molecule has 3 aromatic rings. The highest BCUT2D eigenvalue weighted by atomic mass is 28.3. The van der Waals surface area contributed by atoms with Crippen molar-refractivity contribution in [3.05, 3.63) is 101 Å². The largest absolute Gasteiger partial charge is 0.0985 e. The Hall–Kier alpha value is -2.73. The minimum atomic E-state index is -1.73. The van der Waals surface area contributed by atoms with Crippen LogP contribution in [0.25, 0.3) is 36.5 Å². The van der Waals surface area contributed by atoms with Gasteiger partial charge in [-0.2, -0.15) is 0 Å². The summed E-state index contributed by atoms with van der Waals surface area (Å²) in [5, 5.41) is 4.75. The van der Waals surface area contributed by atoms with E-state index in [1.54, 1.807) is 15.6 Å². The lowest BCUT2D eigenvalue weighted by Crippen LogP contribution is -2.43. The van der Waals surface area contributed by atoms with E-state index in [2.05, 4.69) is 158 Å². The molecule has 3 rings (SSSR count). The summed E-state index contributed by atoms with van der Waals surface area (Å²) in [5.41, 5.74) is 8.04. The lowest BCUT2D eigenvalue weighted by Gasteiger charge is -2.26. The molecule has 0 spiro atoms. The Morgan fingerprint density at radius 3 is 1.02 bits per heavy atom. The van der Waals surface area contributed by atoms with Crippen LogP contribution in [-0.4, -0.2) is 24.2 Å². The van der Waals surface area contributed by atoms with Crippen LogP contribution in [0.5, 0.6) is 0 Å². The maximum atomic E-state index is 4.23. The monoisotopic (exact) mass is 845 g/mol. The van der Waals surface area contributed by atoms with Crippen LogP contribution in [0.1, 0.15) is 170 Å². The minimum absolute atomic E-state index is 1.25. The first-order valence-electron chi connectivity index (χ1n) is 24.4. The molecule has 0 aromatic heterocycles. The Morgan fingerprint density at radius 1 is 0.356 bits per heavy atom. The molecule has 0 bridgehead atoms. The van der Waals surface area contributed by atoms with Crippen LogP contribution in [0.2, 0.25) is 57.4 Å². The molecule has 324 valence electrons. The predicted octanol–water partition coefficient (Wildman–Crippen LogP) is 17.1. The molecular formula is C56H88Si3. The zero-order valence-corrected chi connectivity index (χ0v) is 42.9. The predicted molar refractivity (Wildman–Crippen MR) is 283 cm³/mol. The molecule has 3 heteroatoms. The second kappa shape index (κ2) is 26.6. The van der Waals surface area contributed by atoms with Crippen molar-refractivity contribution >= 4 is 76.2 Å². The van der Waals surface area contributed by atoms with Crippen molar-refractivity contribution in [2.45, 2.75) is 194 Å². The first-order chi connectivity index (χ1) is 28.3. The normalized spacial score (nSPS) is 12.6. The number of benzene rings is 3. The van der Waals surface area contributed by atoms with Crippen molar-refractivity contribution in [1.29, 1.82) is 0 Å². The summed E-state index contributed by atoms with van der Waals surface area (Å²) < 4.78 is 0. The summed E-state index contributed by atoms with van der Waals surface area (Å²) in [6.45, 7) is 30.9. The number of hydrogen-bond acceptors (Lipinski definition) is 0. The number of unbranched alkanes of at least 4 members (excludes halogenated alkanes) is 15. The molecule has 0 atom stereocenters. The van der Waals surface area contributed by atoms with Gasteiger partial charge in [0, 0.05) is 0 Å². The van der Waals surface area contributed by atoms with Crippen LogP contribution in [0.3, 0.4) is 0 Å². The maximum Gasteiger partial charge on any atom is 0.0814 e. The Morgan fingerprint density at radius 2 is 0.661 bits per heavy atom. The Bertz CT molecular complexity index is 1750. The van der Waals surface area contributed by atoms with Gasteiger partial charge in [0.25, 0.3) is 0 Å². The summed E-state index contributed by atoms with van der Waals surface area (Å²) in [5.74, 6) is 0. The highest BCUT2D eigenvalue weighted by Crippen LogP contribution is 2.25. The zero-order valence-electron chi connectivity index (χ0n) is 39.9. The lowest BCUT2D eigenvalue weighted by atomic mass is 10.1. The van der Waals surface area contributed by atoms with Crippen molar-refractivity contribution in [2.75, 3.05) is 0 Å². The van der Waals surface area contributed by atoms with Crippen LogP contribution in [0.15, 0.2) is 67.8 Å². The molecule has 59 heavy (non-hydrogen) atoms.